The van der Waals surface area contributed by atoms with Crippen molar-refractivity contribution in [3.05, 3.63) is 65.7 Å². The SMILES string of the molecule is Cc1ccccc1N1CCC(N2CCN(C(C)c3ccccc3)CC2)CC1. The van der Waals surface area contributed by atoms with E-state index in [1.54, 1.807) is 0 Å². The molecule has 2 aromatic rings. The summed E-state index contributed by atoms with van der Waals surface area (Å²) in [5.74, 6) is 0. The molecule has 2 aliphatic rings. The lowest BCUT2D eigenvalue weighted by atomic mass is 10.00. The van der Waals surface area contributed by atoms with Gasteiger partial charge in [-0.3, -0.25) is 9.80 Å². The number of piperidine rings is 1. The summed E-state index contributed by atoms with van der Waals surface area (Å²) in [4.78, 5) is 7.98. The molecule has 0 aliphatic carbocycles. The van der Waals surface area contributed by atoms with Gasteiger partial charge in [-0.15, -0.1) is 0 Å². The molecule has 4 rings (SSSR count). The van der Waals surface area contributed by atoms with E-state index in [0.717, 1.165) is 6.04 Å². The molecule has 0 radical (unpaired) electrons. The Morgan fingerprint density at radius 3 is 2.07 bits per heavy atom. The fourth-order valence-corrected chi connectivity index (χ4v) is 4.82. The highest BCUT2D eigenvalue weighted by Crippen LogP contribution is 2.27. The first-order valence-corrected chi connectivity index (χ1v) is 10.6. The molecule has 2 saturated heterocycles. The summed E-state index contributed by atoms with van der Waals surface area (Å²) in [6.07, 6.45) is 2.59. The Balaban J connectivity index is 1.28. The van der Waals surface area contributed by atoms with Crippen molar-refractivity contribution in [3.8, 4) is 0 Å². The third kappa shape index (κ3) is 4.20. The number of anilines is 1. The molecule has 3 heteroatoms. The van der Waals surface area contributed by atoms with Crippen LogP contribution in [0.25, 0.3) is 0 Å². The molecule has 0 saturated carbocycles. The van der Waals surface area contributed by atoms with Crippen LogP contribution in [-0.4, -0.2) is 55.1 Å². The molecule has 2 aliphatic heterocycles. The van der Waals surface area contributed by atoms with Crippen molar-refractivity contribution in [1.29, 1.82) is 0 Å². The number of rotatable bonds is 4. The van der Waals surface area contributed by atoms with Gasteiger partial charge in [0, 0.05) is 57.0 Å². The first-order valence-electron chi connectivity index (χ1n) is 10.6. The van der Waals surface area contributed by atoms with E-state index in [2.05, 4.69) is 83.1 Å². The third-order valence-electron chi connectivity index (χ3n) is 6.62. The molecule has 1 atom stereocenters. The second-order valence-electron chi connectivity index (χ2n) is 8.16. The summed E-state index contributed by atoms with van der Waals surface area (Å²) >= 11 is 0. The molecule has 0 spiro atoms. The number of hydrogen-bond donors (Lipinski definition) is 0. The maximum atomic E-state index is 2.75. The quantitative estimate of drug-likeness (QED) is 0.800. The molecule has 144 valence electrons. The summed E-state index contributed by atoms with van der Waals surface area (Å²) in [5, 5.41) is 0. The van der Waals surface area contributed by atoms with Crippen LogP contribution in [0.4, 0.5) is 5.69 Å². The molecule has 27 heavy (non-hydrogen) atoms. The van der Waals surface area contributed by atoms with E-state index in [1.807, 2.05) is 0 Å². The maximum absolute atomic E-state index is 2.75. The molecule has 1 unspecified atom stereocenters. The number of aryl methyl sites for hydroxylation is 1. The molecular weight excluding hydrogens is 330 g/mol. The fourth-order valence-electron chi connectivity index (χ4n) is 4.82. The van der Waals surface area contributed by atoms with E-state index < -0.39 is 0 Å². The van der Waals surface area contributed by atoms with Crippen molar-refractivity contribution in [2.24, 2.45) is 0 Å². The van der Waals surface area contributed by atoms with E-state index in [1.165, 1.54) is 68.9 Å². The first-order chi connectivity index (χ1) is 13.2. The van der Waals surface area contributed by atoms with Crippen LogP contribution in [-0.2, 0) is 0 Å². The van der Waals surface area contributed by atoms with Gasteiger partial charge >= 0.3 is 0 Å². The minimum absolute atomic E-state index is 0.524. The molecule has 0 N–H and O–H groups in total. The largest absolute Gasteiger partial charge is 0.371 e. The van der Waals surface area contributed by atoms with Gasteiger partial charge in [0.05, 0.1) is 0 Å². The van der Waals surface area contributed by atoms with Crippen molar-refractivity contribution in [2.75, 3.05) is 44.2 Å². The van der Waals surface area contributed by atoms with Gasteiger partial charge in [0.25, 0.3) is 0 Å². The molecular formula is C24H33N3. The summed E-state index contributed by atoms with van der Waals surface area (Å²) < 4.78 is 0. The molecule has 2 aromatic carbocycles. The highest BCUT2D eigenvalue weighted by Gasteiger charge is 2.29. The lowest BCUT2D eigenvalue weighted by Crippen LogP contribution is -2.53. The van der Waals surface area contributed by atoms with Gasteiger partial charge in [0.2, 0.25) is 0 Å². The summed E-state index contributed by atoms with van der Waals surface area (Å²) in [7, 11) is 0. The standard InChI is InChI=1S/C24H33N3/c1-20-8-6-7-11-24(20)27-14-12-23(13-15-27)26-18-16-25(17-19-26)21(2)22-9-4-3-5-10-22/h3-11,21,23H,12-19H2,1-2H3. The first kappa shape index (κ1) is 18.5. The second-order valence-corrected chi connectivity index (χ2v) is 8.16. The van der Waals surface area contributed by atoms with Gasteiger partial charge in [-0.1, -0.05) is 48.5 Å². The van der Waals surface area contributed by atoms with Crippen molar-refractivity contribution in [1.82, 2.24) is 9.80 Å². The Labute approximate surface area is 164 Å². The normalized spacial score (nSPS) is 21.3. The minimum atomic E-state index is 0.524. The Bertz CT molecular complexity index is 713. The van der Waals surface area contributed by atoms with Crippen LogP contribution in [0.1, 0.15) is 36.9 Å². The van der Waals surface area contributed by atoms with Crippen LogP contribution < -0.4 is 4.90 Å². The highest BCUT2D eigenvalue weighted by molar-refractivity contribution is 5.53. The topological polar surface area (TPSA) is 9.72 Å². The van der Waals surface area contributed by atoms with Crippen LogP contribution in [0.2, 0.25) is 0 Å². The molecule has 0 bridgehead atoms. The molecule has 2 fully saturated rings. The van der Waals surface area contributed by atoms with Gasteiger partial charge in [0.1, 0.15) is 0 Å². The Kier molecular flexibility index (Phi) is 5.80. The van der Waals surface area contributed by atoms with E-state index >= 15 is 0 Å². The smallest absolute Gasteiger partial charge is 0.0395 e. The number of piperazine rings is 1. The Morgan fingerprint density at radius 2 is 1.41 bits per heavy atom. The number of nitrogens with zero attached hydrogens (tertiary/aromatic N) is 3. The maximum Gasteiger partial charge on any atom is 0.0395 e. The lowest BCUT2D eigenvalue weighted by molar-refractivity contribution is 0.0649. The van der Waals surface area contributed by atoms with Gasteiger partial charge < -0.3 is 4.90 Å². The Hall–Kier alpha value is -1.84. The zero-order valence-corrected chi connectivity index (χ0v) is 16.8. The van der Waals surface area contributed by atoms with Gasteiger partial charge in [-0.25, -0.2) is 0 Å². The number of hydrogen-bond acceptors (Lipinski definition) is 3. The third-order valence-corrected chi connectivity index (χ3v) is 6.62. The predicted molar refractivity (Wildman–Crippen MR) is 114 cm³/mol. The summed E-state index contributed by atoms with van der Waals surface area (Å²) in [6.45, 7) is 11.8. The van der Waals surface area contributed by atoms with Crippen molar-refractivity contribution >= 4 is 5.69 Å². The average Bonchev–Trinajstić information content (AvgIpc) is 2.74. The highest BCUT2D eigenvalue weighted by atomic mass is 15.3. The van der Waals surface area contributed by atoms with Crippen molar-refractivity contribution in [2.45, 2.75) is 38.8 Å². The van der Waals surface area contributed by atoms with Crippen LogP contribution in [0.5, 0.6) is 0 Å². The molecule has 2 heterocycles. The van der Waals surface area contributed by atoms with Gasteiger partial charge in [0.15, 0.2) is 0 Å². The lowest BCUT2D eigenvalue weighted by Gasteiger charge is -2.44. The molecule has 0 amide bonds. The second kappa shape index (κ2) is 8.45. The van der Waals surface area contributed by atoms with Gasteiger partial charge in [-0.2, -0.15) is 0 Å². The van der Waals surface area contributed by atoms with Crippen molar-refractivity contribution in [3.63, 3.8) is 0 Å². The van der Waals surface area contributed by atoms with E-state index in [0.29, 0.717) is 6.04 Å². The van der Waals surface area contributed by atoms with E-state index in [-0.39, 0.29) is 0 Å². The number of para-hydroxylation sites is 1. The van der Waals surface area contributed by atoms with Crippen LogP contribution in [0.3, 0.4) is 0 Å². The van der Waals surface area contributed by atoms with Crippen LogP contribution >= 0.6 is 0 Å². The van der Waals surface area contributed by atoms with Gasteiger partial charge in [-0.05, 0) is 43.9 Å². The Morgan fingerprint density at radius 1 is 0.778 bits per heavy atom. The zero-order valence-electron chi connectivity index (χ0n) is 16.8. The predicted octanol–water partition coefficient (Wildman–Crippen LogP) is 4.34. The summed E-state index contributed by atoms with van der Waals surface area (Å²) in [6, 6.07) is 21.1. The fraction of sp³-hybridized carbons (Fsp3) is 0.500. The minimum Gasteiger partial charge on any atom is -0.371 e. The van der Waals surface area contributed by atoms with E-state index in [4.69, 9.17) is 0 Å². The van der Waals surface area contributed by atoms with Crippen LogP contribution in [0.15, 0.2) is 54.6 Å². The average molecular weight is 364 g/mol. The summed E-state index contributed by atoms with van der Waals surface area (Å²) in [5.41, 5.74) is 4.27. The van der Waals surface area contributed by atoms with Crippen LogP contribution in [0, 0.1) is 6.92 Å². The monoisotopic (exact) mass is 363 g/mol. The van der Waals surface area contributed by atoms with Crippen molar-refractivity contribution < 1.29 is 0 Å². The van der Waals surface area contributed by atoms with E-state index in [9.17, 15) is 0 Å². The molecule has 0 aromatic heterocycles. The number of benzene rings is 2. The molecule has 3 nitrogen and oxygen atoms in total. The zero-order chi connectivity index (χ0) is 18.6.